The van der Waals surface area contributed by atoms with Crippen LogP contribution in [0.25, 0.3) is 21.8 Å². The molecule has 27 heavy (non-hydrogen) atoms. The van der Waals surface area contributed by atoms with Gasteiger partial charge in [0.25, 0.3) is 0 Å². The molecule has 0 saturated heterocycles. The third-order valence-corrected chi connectivity index (χ3v) is 4.62. The van der Waals surface area contributed by atoms with Crippen LogP contribution in [-0.4, -0.2) is 33.8 Å². The SMILES string of the molecule is ON=Cc1ccccc1OC[C@H](O)Cn1c2ccccc2c2ccccc21. The van der Waals surface area contributed by atoms with Gasteiger partial charge >= 0.3 is 0 Å². The molecule has 0 bridgehead atoms. The lowest BCUT2D eigenvalue weighted by atomic mass is 10.2. The van der Waals surface area contributed by atoms with Gasteiger partial charge in [0.05, 0.1) is 12.8 Å². The van der Waals surface area contributed by atoms with E-state index in [0.717, 1.165) is 11.0 Å². The summed E-state index contributed by atoms with van der Waals surface area (Å²) in [5, 5.41) is 24.7. The summed E-state index contributed by atoms with van der Waals surface area (Å²) in [5.41, 5.74) is 2.83. The van der Waals surface area contributed by atoms with E-state index in [1.54, 1.807) is 12.1 Å². The predicted octanol–water partition coefficient (Wildman–Crippen LogP) is 4.04. The lowest BCUT2D eigenvalue weighted by molar-refractivity contribution is 0.0944. The van der Waals surface area contributed by atoms with E-state index in [1.165, 1.54) is 17.0 Å². The van der Waals surface area contributed by atoms with Gasteiger partial charge < -0.3 is 19.6 Å². The number of benzene rings is 3. The van der Waals surface area contributed by atoms with Gasteiger partial charge in [0.15, 0.2) is 0 Å². The van der Waals surface area contributed by atoms with Gasteiger partial charge in [-0.3, -0.25) is 0 Å². The highest BCUT2D eigenvalue weighted by atomic mass is 16.5. The molecule has 5 heteroatoms. The molecule has 0 radical (unpaired) electrons. The maximum Gasteiger partial charge on any atom is 0.128 e. The molecule has 0 aliphatic carbocycles. The molecule has 1 aromatic heterocycles. The number of oxime groups is 1. The molecule has 5 nitrogen and oxygen atoms in total. The molecule has 0 spiro atoms. The van der Waals surface area contributed by atoms with Crippen molar-refractivity contribution < 1.29 is 15.1 Å². The minimum absolute atomic E-state index is 0.136. The standard InChI is InChI=1S/C22H20N2O3/c25-17(15-27-22-12-6-1-7-16(22)13-23-26)14-24-20-10-4-2-8-18(20)19-9-3-5-11-21(19)24/h1-13,17,25-26H,14-15H2/t17-/m1/s1. The van der Waals surface area contributed by atoms with Crippen molar-refractivity contribution >= 4 is 28.0 Å². The van der Waals surface area contributed by atoms with Crippen LogP contribution in [0.15, 0.2) is 78.0 Å². The maximum atomic E-state index is 10.6. The van der Waals surface area contributed by atoms with Gasteiger partial charge in [-0.2, -0.15) is 0 Å². The number of aliphatic hydroxyl groups excluding tert-OH is 1. The van der Waals surface area contributed by atoms with Crippen LogP contribution in [-0.2, 0) is 6.54 Å². The Balaban J connectivity index is 1.57. The van der Waals surface area contributed by atoms with Crippen LogP contribution in [0.5, 0.6) is 5.75 Å². The summed E-state index contributed by atoms with van der Waals surface area (Å²) < 4.78 is 7.88. The van der Waals surface area contributed by atoms with E-state index in [9.17, 15) is 5.11 Å². The van der Waals surface area contributed by atoms with Crippen molar-refractivity contribution in [2.45, 2.75) is 12.6 Å². The lowest BCUT2D eigenvalue weighted by Gasteiger charge is -2.16. The number of rotatable bonds is 6. The van der Waals surface area contributed by atoms with Gasteiger partial charge in [0, 0.05) is 27.4 Å². The molecule has 0 saturated carbocycles. The highest BCUT2D eigenvalue weighted by Crippen LogP contribution is 2.29. The first-order valence-electron chi connectivity index (χ1n) is 8.81. The average molecular weight is 360 g/mol. The van der Waals surface area contributed by atoms with Crippen molar-refractivity contribution in [2.24, 2.45) is 5.16 Å². The fourth-order valence-electron chi connectivity index (χ4n) is 3.43. The predicted molar refractivity (Wildman–Crippen MR) is 107 cm³/mol. The van der Waals surface area contributed by atoms with Gasteiger partial charge in [-0.15, -0.1) is 0 Å². The Morgan fingerprint density at radius 2 is 1.48 bits per heavy atom. The van der Waals surface area contributed by atoms with E-state index in [4.69, 9.17) is 9.94 Å². The topological polar surface area (TPSA) is 67.0 Å². The largest absolute Gasteiger partial charge is 0.490 e. The molecule has 0 aliphatic rings. The van der Waals surface area contributed by atoms with E-state index in [2.05, 4.69) is 34.0 Å². The Bertz CT molecular complexity index is 1050. The normalized spacial score (nSPS) is 12.8. The zero-order chi connectivity index (χ0) is 18.6. The molecule has 0 unspecified atom stereocenters. The fraction of sp³-hybridized carbons (Fsp3) is 0.136. The third kappa shape index (κ3) is 3.37. The summed E-state index contributed by atoms with van der Waals surface area (Å²) in [6.45, 7) is 0.557. The summed E-state index contributed by atoms with van der Waals surface area (Å²) in [7, 11) is 0. The maximum absolute atomic E-state index is 10.6. The quantitative estimate of drug-likeness (QED) is 0.310. The number of para-hydroxylation sites is 3. The zero-order valence-corrected chi connectivity index (χ0v) is 14.7. The lowest BCUT2D eigenvalue weighted by Crippen LogP contribution is -2.23. The second-order valence-electron chi connectivity index (χ2n) is 6.39. The van der Waals surface area contributed by atoms with Crippen molar-refractivity contribution in [3.05, 3.63) is 78.4 Å². The Morgan fingerprint density at radius 1 is 0.889 bits per heavy atom. The van der Waals surface area contributed by atoms with E-state index < -0.39 is 6.10 Å². The highest BCUT2D eigenvalue weighted by molar-refractivity contribution is 6.07. The summed E-state index contributed by atoms with van der Waals surface area (Å²) in [5.74, 6) is 0.566. The van der Waals surface area contributed by atoms with Crippen molar-refractivity contribution in [3.8, 4) is 5.75 Å². The molecular weight excluding hydrogens is 340 g/mol. The number of fused-ring (bicyclic) bond motifs is 3. The molecule has 3 aromatic carbocycles. The van der Waals surface area contributed by atoms with Crippen LogP contribution in [0.4, 0.5) is 0 Å². The van der Waals surface area contributed by atoms with Crippen LogP contribution in [0, 0.1) is 0 Å². The second-order valence-corrected chi connectivity index (χ2v) is 6.39. The molecule has 4 rings (SSSR count). The Morgan fingerprint density at radius 3 is 2.15 bits per heavy atom. The summed E-state index contributed by atoms with van der Waals surface area (Å²) >= 11 is 0. The van der Waals surface area contributed by atoms with E-state index in [-0.39, 0.29) is 6.61 Å². The number of aliphatic hydroxyl groups is 1. The number of aromatic nitrogens is 1. The third-order valence-electron chi connectivity index (χ3n) is 4.62. The molecule has 136 valence electrons. The number of ether oxygens (including phenoxy) is 1. The molecule has 4 aromatic rings. The summed E-state index contributed by atoms with van der Waals surface area (Å²) in [4.78, 5) is 0. The van der Waals surface area contributed by atoms with Crippen LogP contribution < -0.4 is 4.74 Å². The molecule has 1 atom stereocenters. The molecule has 0 aliphatic heterocycles. The Kier molecular flexibility index (Phi) is 4.77. The Hall–Kier alpha value is -3.31. The van der Waals surface area contributed by atoms with Crippen LogP contribution in [0.3, 0.4) is 0 Å². The summed E-state index contributed by atoms with van der Waals surface area (Å²) in [6.07, 6.45) is 0.623. The molecule has 0 amide bonds. The number of hydrogen-bond donors (Lipinski definition) is 2. The minimum Gasteiger partial charge on any atom is -0.490 e. The average Bonchev–Trinajstić information content (AvgIpc) is 3.02. The van der Waals surface area contributed by atoms with Crippen molar-refractivity contribution in [1.82, 2.24) is 4.57 Å². The van der Waals surface area contributed by atoms with Gasteiger partial charge in [-0.1, -0.05) is 53.7 Å². The Labute approximate surface area is 156 Å². The van der Waals surface area contributed by atoms with Gasteiger partial charge in [0.1, 0.15) is 18.5 Å². The van der Waals surface area contributed by atoms with Gasteiger partial charge in [-0.25, -0.2) is 0 Å². The molecule has 2 N–H and O–H groups in total. The molecule has 1 heterocycles. The van der Waals surface area contributed by atoms with Gasteiger partial charge in [0.2, 0.25) is 0 Å². The smallest absolute Gasteiger partial charge is 0.128 e. The first-order valence-corrected chi connectivity index (χ1v) is 8.81. The monoisotopic (exact) mass is 360 g/mol. The fourth-order valence-corrected chi connectivity index (χ4v) is 3.43. The van der Waals surface area contributed by atoms with Crippen LogP contribution >= 0.6 is 0 Å². The van der Waals surface area contributed by atoms with Crippen LogP contribution in [0.1, 0.15) is 5.56 Å². The van der Waals surface area contributed by atoms with E-state index in [0.29, 0.717) is 17.9 Å². The van der Waals surface area contributed by atoms with Gasteiger partial charge in [-0.05, 0) is 24.3 Å². The molecule has 0 fully saturated rings. The second kappa shape index (κ2) is 7.51. The van der Waals surface area contributed by atoms with Crippen molar-refractivity contribution in [2.75, 3.05) is 6.61 Å². The first kappa shape index (κ1) is 17.1. The highest BCUT2D eigenvalue weighted by Gasteiger charge is 2.14. The van der Waals surface area contributed by atoms with E-state index >= 15 is 0 Å². The first-order chi connectivity index (χ1) is 13.3. The summed E-state index contributed by atoms with van der Waals surface area (Å²) in [6, 6.07) is 23.6. The van der Waals surface area contributed by atoms with E-state index in [1.807, 2.05) is 36.4 Å². The molecular formula is C22H20N2O3. The number of hydrogen-bond acceptors (Lipinski definition) is 4. The zero-order valence-electron chi connectivity index (χ0n) is 14.7. The number of nitrogens with zero attached hydrogens (tertiary/aromatic N) is 2. The minimum atomic E-state index is -0.691. The van der Waals surface area contributed by atoms with Crippen molar-refractivity contribution in [3.63, 3.8) is 0 Å². The van der Waals surface area contributed by atoms with Crippen LogP contribution in [0.2, 0.25) is 0 Å². The van der Waals surface area contributed by atoms with Crippen molar-refractivity contribution in [1.29, 1.82) is 0 Å².